The van der Waals surface area contributed by atoms with E-state index in [2.05, 4.69) is 15.9 Å². The number of rotatable bonds is 4. The minimum absolute atomic E-state index is 0.0346. The molecule has 0 unspecified atom stereocenters. The van der Waals surface area contributed by atoms with E-state index in [0.717, 1.165) is 21.8 Å². The molecule has 0 aliphatic carbocycles. The van der Waals surface area contributed by atoms with Crippen LogP contribution >= 0.6 is 27.7 Å². The number of thioether (sulfide) groups is 1. The van der Waals surface area contributed by atoms with Gasteiger partial charge >= 0.3 is 0 Å². The molecule has 0 radical (unpaired) electrons. The van der Waals surface area contributed by atoms with Gasteiger partial charge < -0.3 is 10.6 Å². The molecule has 0 aromatic heterocycles. The monoisotopic (exact) mass is 315 g/mol. The fraction of sp³-hybridized carbons (Fsp3) is 0.273. The maximum absolute atomic E-state index is 11.7. The molecule has 0 aliphatic rings. The molecule has 0 aliphatic heterocycles. The number of carbonyl (C=O) groups is 1. The number of nitrogens with two attached hydrogens (primary N) is 1. The van der Waals surface area contributed by atoms with Crippen LogP contribution in [0.1, 0.15) is 5.56 Å². The number of amidine groups is 1. The Morgan fingerprint density at radius 3 is 2.76 bits per heavy atom. The molecule has 92 valence electrons. The molecule has 1 aromatic carbocycles. The van der Waals surface area contributed by atoms with Gasteiger partial charge in [-0.1, -0.05) is 45.9 Å². The first-order valence-corrected chi connectivity index (χ1v) is 6.72. The summed E-state index contributed by atoms with van der Waals surface area (Å²) in [4.78, 5) is 13.3. The predicted molar refractivity (Wildman–Crippen MR) is 75.0 cm³/mol. The van der Waals surface area contributed by atoms with Gasteiger partial charge in [0.2, 0.25) is 5.91 Å². The Kier molecular flexibility index (Phi) is 5.50. The molecule has 0 spiro atoms. The largest absolute Gasteiger partial charge is 0.379 e. The highest BCUT2D eigenvalue weighted by Crippen LogP contribution is 2.17. The molecule has 4 nitrogen and oxygen atoms in total. The summed E-state index contributed by atoms with van der Waals surface area (Å²) >= 11 is 4.48. The van der Waals surface area contributed by atoms with Crippen LogP contribution in [0.15, 0.2) is 28.7 Å². The minimum atomic E-state index is -0.0408. The quantitative estimate of drug-likeness (QED) is 0.660. The highest BCUT2D eigenvalue weighted by molar-refractivity contribution is 9.10. The average molecular weight is 316 g/mol. The zero-order valence-corrected chi connectivity index (χ0v) is 11.8. The SMILES string of the molecule is CN(Cc1ccccc1Br)C(=O)CSC(=N)N. The number of hydrogen-bond acceptors (Lipinski definition) is 3. The molecule has 17 heavy (non-hydrogen) atoms. The Morgan fingerprint density at radius 1 is 1.53 bits per heavy atom. The van der Waals surface area contributed by atoms with Crippen LogP contribution in [0.5, 0.6) is 0 Å². The molecule has 0 saturated heterocycles. The van der Waals surface area contributed by atoms with Crippen molar-refractivity contribution in [2.24, 2.45) is 5.73 Å². The van der Waals surface area contributed by atoms with Gasteiger partial charge in [0, 0.05) is 18.1 Å². The highest BCUT2D eigenvalue weighted by atomic mass is 79.9. The summed E-state index contributed by atoms with van der Waals surface area (Å²) in [6, 6.07) is 7.77. The third-order valence-corrected chi connectivity index (χ3v) is 3.62. The number of hydrogen-bond donors (Lipinski definition) is 2. The van der Waals surface area contributed by atoms with Crippen LogP contribution in [0, 0.1) is 5.41 Å². The van der Waals surface area contributed by atoms with Crippen molar-refractivity contribution in [1.29, 1.82) is 5.41 Å². The van der Waals surface area contributed by atoms with Gasteiger partial charge in [0.25, 0.3) is 0 Å². The van der Waals surface area contributed by atoms with Gasteiger partial charge in [-0.05, 0) is 11.6 Å². The van der Waals surface area contributed by atoms with E-state index in [4.69, 9.17) is 11.1 Å². The fourth-order valence-corrected chi connectivity index (χ4v) is 2.13. The van der Waals surface area contributed by atoms with E-state index in [0.29, 0.717) is 6.54 Å². The van der Waals surface area contributed by atoms with Crippen molar-refractivity contribution in [3.8, 4) is 0 Å². The second-order valence-electron chi connectivity index (χ2n) is 3.49. The number of carbonyl (C=O) groups excluding carboxylic acids is 1. The highest BCUT2D eigenvalue weighted by Gasteiger charge is 2.11. The Labute approximate surface area is 113 Å². The topological polar surface area (TPSA) is 70.2 Å². The van der Waals surface area contributed by atoms with Gasteiger partial charge in [-0.25, -0.2) is 0 Å². The lowest BCUT2D eigenvalue weighted by Crippen LogP contribution is -2.28. The molecule has 0 saturated carbocycles. The summed E-state index contributed by atoms with van der Waals surface area (Å²) in [6.07, 6.45) is 0. The number of nitrogens with one attached hydrogen (secondary N) is 1. The second kappa shape index (κ2) is 6.66. The molecule has 1 rings (SSSR count). The number of amides is 1. The van der Waals surface area contributed by atoms with Crippen molar-refractivity contribution in [3.63, 3.8) is 0 Å². The van der Waals surface area contributed by atoms with Crippen LogP contribution in [0.3, 0.4) is 0 Å². The molecular formula is C11H14BrN3OS. The van der Waals surface area contributed by atoms with Crippen LogP contribution in [-0.2, 0) is 11.3 Å². The van der Waals surface area contributed by atoms with E-state index in [1.54, 1.807) is 11.9 Å². The molecule has 1 amide bonds. The zero-order chi connectivity index (χ0) is 12.8. The van der Waals surface area contributed by atoms with E-state index < -0.39 is 0 Å². The summed E-state index contributed by atoms with van der Waals surface area (Å²) in [5.74, 6) is 0.164. The summed E-state index contributed by atoms with van der Waals surface area (Å²) in [7, 11) is 1.74. The van der Waals surface area contributed by atoms with Crippen LogP contribution in [0.4, 0.5) is 0 Å². The summed E-state index contributed by atoms with van der Waals surface area (Å²) in [5, 5.41) is 7.01. The Balaban J connectivity index is 2.54. The van der Waals surface area contributed by atoms with Crippen LogP contribution < -0.4 is 5.73 Å². The molecule has 0 fully saturated rings. The lowest BCUT2D eigenvalue weighted by molar-refractivity contribution is -0.127. The summed E-state index contributed by atoms with van der Waals surface area (Å²) in [5.41, 5.74) is 6.24. The average Bonchev–Trinajstić information content (AvgIpc) is 2.28. The Bertz CT molecular complexity index is 425. The van der Waals surface area contributed by atoms with Gasteiger partial charge in [-0.2, -0.15) is 0 Å². The van der Waals surface area contributed by atoms with E-state index in [-0.39, 0.29) is 16.8 Å². The third-order valence-electron chi connectivity index (χ3n) is 2.14. The lowest BCUT2D eigenvalue weighted by atomic mass is 10.2. The van der Waals surface area contributed by atoms with Crippen LogP contribution in [0.25, 0.3) is 0 Å². The minimum Gasteiger partial charge on any atom is -0.379 e. The third kappa shape index (κ3) is 4.79. The Morgan fingerprint density at radius 2 is 2.18 bits per heavy atom. The van der Waals surface area contributed by atoms with E-state index in [9.17, 15) is 4.79 Å². The molecule has 3 N–H and O–H groups in total. The molecule has 0 atom stereocenters. The van der Waals surface area contributed by atoms with Crippen molar-refractivity contribution in [2.75, 3.05) is 12.8 Å². The maximum atomic E-state index is 11.7. The fourth-order valence-electron chi connectivity index (χ4n) is 1.22. The van der Waals surface area contributed by atoms with Crippen molar-refractivity contribution in [1.82, 2.24) is 4.90 Å². The standard InChI is InChI=1S/C11H14BrN3OS/c1-15(10(16)7-17-11(13)14)6-8-4-2-3-5-9(8)12/h2-5H,6-7H2,1H3,(H3,13,14). The summed E-state index contributed by atoms with van der Waals surface area (Å²) < 4.78 is 0.985. The molecule has 6 heteroatoms. The van der Waals surface area contributed by atoms with Crippen molar-refractivity contribution >= 4 is 38.8 Å². The molecule has 0 bridgehead atoms. The summed E-state index contributed by atoms with van der Waals surface area (Å²) in [6.45, 7) is 0.540. The van der Waals surface area contributed by atoms with Crippen LogP contribution in [-0.4, -0.2) is 28.8 Å². The first kappa shape index (κ1) is 14.1. The van der Waals surface area contributed by atoms with Gasteiger partial charge in [-0.3, -0.25) is 10.2 Å². The van der Waals surface area contributed by atoms with E-state index >= 15 is 0 Å². The molecule has 0 heterocycles. The van der Waals surface area contributed by atoms with E-state index in [1.807, 2.05) is 24.3 Å². The van der Waals surface area contributed by atoms with Crippen LogP contribution in [0.2, 0.25) is 0 Å². The maximum Gasteiger partial charge on any atom is 0.233 e. The first-order chi connectivity index (χ1) is 8.00. The Hall–Kier alpha value is -1.01. The second-order valence-corrected chi connectivity index (χ2v) is 5.37. The normalized spacial score (nSPS) is 10.0. The van der Waals surface area contributed by atoms with Crippen molar-refractivity contribution < 1.29 is 4.79 Å². The molecular weight excluding hydrogens is 302 g/mol. The van der Waals surface area contributed by atoms with Gasteiger partial charge in [0.05, 0.1) is 5.75 Å². The van der Waals surface area contributed by atoms with Gasteiger partial charge in [0.15, 0.2) is 5.17 Å². The molecule has 1 aromatic rings. The van der Waals surface area contributed by atoms with Crippen molar-refractivity contribution in [2.45, 2.75) is 6.54 Å². The van der Waals surface area contributed by atoms with Crippen molar-refractivity contribution in [3.05, 3.63) is 34.3 Å². The van der Waals surface area contributed by atoms with Gasteiger partial charge in [0.1, 0.15) is 0 Å². The van der Waals surface area contributed by atoms with Gasteiger partial charge in [-0.15, -0.1) is 0 Å². The number of nitrogens with zero attached hydrogens (tertiary/aromatic N) is 1. The van der Waals surface area contributed by atoms with E-state index in [1.165, 1.54) is 0 Å². The number of benzene rings is 1. The lowest BCUT2D eigenvalue weighted by Gasteiger charge is -2.17. The zero-order valence-electron chi connectivity index (χ0n) is 9.44. The first-order valence-electron chi connectivity index (χ1n) is 4.95. The smallest absolute Gasteiger partial charge is 0.233 e. The predicted octanol–water partition coefficient (Wildman–Crippen LogP) is 2.03. The number of halogens is 1.